The van der Waals surface area contributed by atoms with Gasteiger partial charge in [0, 0.05) is 0 Å². The SMILES string of the molecule is N#Cc1cccc(/C=N/n2c(=S)[nH][nH]c(=S)c2=O)c1. The van der Waals surface area contributed by atoms with Crippen LogP contribution in [0, 0.1) is 20.7 Å². The van der Waals surface area contributed by atoms with Gasteiger partial charge in [0.2, 0.25) is 4.77 Å². The van der Waals surface area contributed by atoms with Crippen LogP contribution in [0.5, 0.6) is 0 Å². The van der Waals surface area contributed by atoms with Crippen molar-refractivity contribution in [3.05, 3.63) is 55.2 Å². The molecular weight excluding hydrogens is 282 g/mol. The van der Waals surface area contributed by atoms with Crippen LogP contribution in [0.3, 0.4) is 0 Å². The van der Waals surface area contributed by atoms with E-state index < -0.39 is 5.56 Å². The van der Waals surface area contributed by atoms with Crippen molar-refractivity contribution >= 4 is 30.7 Å². The molecule has 0 saturated heterocycles. The van der Waals surface area contributed by atoms with Gasteiger partial charge < -0.3 is 0 Å². The normalized spacial score (nSPS) is 10.5. The van der Waals surface area contributed by atoms with Crippen LogP contribution in [0.4, 0.5) is 0 Å². The molecule has 1 heterocycles. The molecule has 1 aromatic carbocycles. The van der Waals surface area contributed by atoms with Crippen molar-refractivity contribution in [1.82, 2.24) is 14.9 Å². The second-order valence-corrected chi connectivity index (χ2v) is 4.28. The van der Waals surface area contributed by atoms with Crippen LogP contribution in [-0.4, -0.2) is 21.1 Å². The lowest BCUT2D eigenvalue weighted by molar-refractivity contribution is 0.731. The number of rotatable bonds is 2. The molecule has 0 atom stereocenters. The Morgan fingerprint density at radius 1 is 1.37 bits per heavy atom. The fourth-order valence-electron chi connectivity index (χ4n) is 1.32. The highest BCUT2D eigenvalue weighted by Gasteiger charge is 1.98. The average molecular weight is 289 g/mol. The summed E-state index contributed by atoms with van der Waals surface area (Å²) in [6.45, 7) is 0. The third kappa shape index (κ3) is 2.90. The second-order valence-electron chi connectivity index (χ2n) is 3.48. The number of nitrogens with one attached hydrogen (secondary N) is 2. The van der Waals surface area contributed by atoms with E-state index >= 15 is 0 Å². The summed E-state index contributed by atoms with van der Waals surface area (Å²) >= 11 is 9.71. The first-order chi connectivity index (χ1) is 9.11. The topological polar surface area (TPSA) is 89.7 Å². The molecule has 0 aliphatic carbocycles. The highest BCUT2D eigenvalue weighted by Crippen LogP contribution is 2.01. The van der Waals surface area contributed by atoms with Gasteiger partial charge in [-0.1, -0.05) is 24.4 Å². The third-order valence-corrected chi connectivity index (χ3v) is 2.75. The van der Waals surface area contributed by atoms with E-state index in [2.05, 4.69) is 15.3 Å². The monoisotopic (exact) mass is 289 g/mol. The molecule has 0 spiro atoms. The molecule has 1 aromatic heterocycles. The highest BCUT2D eigenvalue weighted by molar-refractivity contribution is 7.71. The Morgan fingerprint density at radius 3 is 2.89 bits per heavy atom. The first-order valence-electron chi connectivity index (χ1n) is 5.10. The number of H-pyrrole nitrogens is 2. The fraction of sp³-hybridized carbons (Fsp3) is 0. The molecule has 0 aliphatic heterocycles. The lowest BCUT2D eigenvalue weighted by Crippen LogP contribution is -2.20. The maximum Gasteiger partial charge on any atom is 0.309 e. The maximum atomic E-state index is 11.7. The van der Waals surface area contributed by atoms with Crippen molar-refractivity contribution in [2.24, 2.45) is 5.10 Å². The smallest absolute Gasteiger partial charge is 0.284 e. The molecule has 19 heavy (non-hydrogen) atoms. The molecule has 8 heteroatoms. The summed E-state index contributed by atoms with van der Waals surface area (Å²) < 4.78 is 1.07. The van der Waals surface area contributed by atoms with E-state index in [-0.39, 0.29) is 9.41 Å². The van der Waals surface area contributed by atoms with E-state index in [4.69, 9.17) is 29.7 Å². The summed E-state index contributed by atoms with van der Waals surface area (Å²) in [7, 11) is 0. The van der Waals surface area contributed by atoms with Crippen molar-refractivity contribution in [3.8, 4) is 6.07 Å². The fourth-order valence-corrected chi connectivity index (χ4v) is 1.64. The molecule has 2 aromatic rings. The summed E-state index contributed by atoms with van der Waals surface area (Å²) in [5, 5.41) is 17.8. The van der Waals surface area contributed by atoms with Gasteiger partial charge in [-0.25, -0.2) is 0 Å². The lowest BCUT2D eigenvalue weighted by atomic mass is 10.1. The van der Waals surface area contributed by atoms with Crippen LogP contribution in [0.25, 0.3) is 0 Å². The molecular formula is C11H7N5OS2. The molecule has 0 bridgehead atoms. The molecule has 2 rings (SSSR count). The second kappa shape index (κ2) is 5.51. The van der Waals surface area contributed by atoms with E-state index in [9.17, 15) is 4.79 Å². The van der Waals surface area contributed by atoms with E-state index in [1.807, 2.05) is 6.07 Å². The van der Waals surface area contributed by atoms with Gasteiger partial charge in [0.1, 0.15) is 0 Å². The van der Waals surface area contributed by atoms with Crippen molar-refractivity contribution in [3.63, 3.8) is 0 Å². The molecule has 0 fully saturated rings. The first kappa shape index (κ1) is 13.1. The van der Waals surface area contributed by atoms with Crippen LogP contribution in [0.15, 0.2) is 34.2 Å². The summed E-state index contributed by atoms with van der Waals surface area (Å²) in [6.07, 6.45) is 1.43. The van der Waals surface area contributed by atoms with Crippen LogP contribution in [0.2, 0.25) is 0 Å². The Labute approximate surface area is 117 Å². The van der Waals surface area contributed by atoms with E-state index in [1.165, 1.54) is 6.21 Å². The summed E-state index contributed by atoms with van der Waals surface area (Å²) in [5.41, 5.74) is 0.678. The summed E-state index contributed by atoms with van der Waals surface area (Å²) in [4.78, 5) is 11.7. The van der Waals surface area contributed by atoms with Crippen molar-refractivity contribution in [2.75, 3.05) is 0 Å². The van der Waals surface area contributed by atoms with E-state index in [0.717, 1.165) is 4.68 Å². The Morgan fingerprint density at radius 2 is 2.16 bits per heavy atom. The van der Waals surface area contributed by atoms with Gasteiger partial charge in [-0.05, 0) is 29.9 Å². The minimum atomic E-state index is -0.508. The zero-order valence-electron chi connectivity index (χ0n) is 9.45. The molecule has 0 amide bonds. The van der Waals surface area contributed by atoms with Gasteiger partial charge in [0.15, 0.2) is 4.64 Å². The van der Waals surface area contributed by atoms with Gasteiger partial charge in [-0.2, -0.15) is 15.0 Å². The molecule has 0 unspecified atom stereocenters. The average Bonchev–Trinajstić information content (AvgIpc) is 2.43. The maximum absolute atomic E-state index is 11.7. The zero-order valence-corrected chi connectivity index (χ0v) is 11.1. The molecule has 94 valence electrons. The van der Waals surface area contributed by atoms with Gasteiger partial charge in [0.25, 0.3) is 0 Å². The zero-order chi connectivity index (χ0) is 13.8. The number of hydrogen-bond donors (Lipinski definition) is 2. The number of aromatic nitrogens is 3. The standard InChI is InChI=1S/C11H7N5OS2/c12-5-7-2-1-3-8(4-7)6-13-16-10(17)9(18)14-15-11(16)19/h1-4,6H,(H,14,18)(H,15,19)/b13-6+. The van der Waals surface area contributed by atoms with Gasteiger partial charge in [0.05, 0.1) is 17.8 Å². The van der Waals surface area contributed by atoms with Crippen LogP contribution in [0.1, 0.15) is 11.1 Å². The minimum Gasteiger partial charge on any atom is -0.284 e. The van der Waals surface area contributed by atoms with Crippen LogP contribution >= 0.6 is 24.4 Å². The number of hydrogen-bond acceptors (Lipinski definition) is 5. The molecule has 2 N–H and O–H groups in total. The van der Waals surface area contributed by atoms with Gasteiger partial charge >= 0.3 is 5.56 Å². The third-order valence-electron chi connectivity index (χ3n) is 2.20. The van der Waals surface area contributed by atoms with Crippen molar-refractivity contribution in [2.45, 2.75) is 0 Å². The van der Waals surface area contributed by atoms with Crippen molar-refractivity contribution < 1.29 is 0 Å². The Kier molecular flexibility index (Phi) is 3.79. The largest absolute Gasteiger partial charge is 0.309 e. The Hall–Kier alpha value is -2.37. The molecule has 0 aliphatic rings. The quantitative estimate of drug-likeness (QED) is 0.650. The summed E-state index contributed by atoms with van der Waals surface area (Å²) in [5.74, 6) is 0. The lowest BCUT2D eigenvalue weighted by Gasteiger charge is -1.98. The molecule has 6 nitrogen and oxygen atoms in total. The number of nitriles is 1. The predicted molar refractivity (Wildman–Crippen MR) is 75.2 cm³/mol. The number of nitrogens with zero attached hydrogens (tertiary/aromatic N) is 3. The summed E-state index contributed by atoms with van der Waals surface area (Å²) in [6, 6.07) is 8.82. The van der Waals surface area contributed by atoms with E-state index in [1.54, 1.807) is 24.3 Å². The highest BCUT2D eigenvalue weighted by atomic mass is 32.1. The number of aromatic amines is 2. The predicted octanol–water partition coefficient (Wildman–Crippen LogP) is 1.72. The van der Waals surface area contributed by atoms with Gasteiger partial charge in [-0.3, -0.25) is 15.0 Å². The molecule has 0 saturated carbocycles. The van der Waals surface area contributed by atoms with Crippen LogP contribution < -0.4 is 5.56 Å². The van der Waals surface area contributed by atoms with Gasteiger partial charge in [-0.15, -0.1) is 0 Å². The number of benzene rings is 1. The first-order valence-corrected chi connectivity index (χ1v) is 5.92. The van der Waals surface area contributed by atoms with Crippen LogP contribution in [-0.2, 0) is 0 Å². The van der Waals surface area contributed by atoms with Crippen molar-refractivity contribution in [1.29, 1.82) is 5.26 Å². The molecule has 0 radical (unpaired) electrons. The minimum absolute atomic E-state index is 0.0171. The Balaban J connectivity index is 2.47. The van der Waals surface area contributed by atoms with E-state index in [0.29, 0.717) is 11.1 Å². The Bertz CT molecular complexity index is 853.